The molecule has 0 aliphatic rings. The van der Waals surface area contributed by atoms with Crippen molar-refractivity contribution >= 4 is 47.8 Å². The van der Waals surface area contributed by atoms with E-state index in [-0.39, 0.29) is 10.6 Å². The molecular formula is C13H8Br3F. The van der Waals surface area contributed by atoms with Crippen LogP contribution in [0.15, 0.2) is 51.4 Å². The lowest BCUT2D eigenvalue weighted by molar-refractivity contribution is 0.612. The topological polar surface area (TPSA) is 0 Å². The third-order valence-electron chi connectivity index (χ3n) is 2.42. The second-order valence-electron chi connectivity index (χ2n) is 3.55. The minimum atomic E-state index is -0.218. The van der Waals surface area contributed by atoms with Crippen LogP contribution >= 0.6 is 47.8 Å². The fourth-order valence-electron chi connectivity index (χ4n) is 1.55. The van der Waals surface area contributed by atoms with Crippen LogP contribution in [0.2, 0.25) is 0 Å². The van der Waals surface area contributed by atoms with Gasteiger partial charge in [0.1, 0.15) is 5.82 Å². The smallest absolute Gasteiger partial charge is 0.129 e. The van der Waals surface area contributed by atoms with Gasteiger partial charge in [0.15, 0.2) is 0 Å². The number of benzene rings is 2. The fraction of sp³-hybridized carbons (Fsp3) is 0.0769. The summed E-state index contributed by atoms with van der Waals surface area (Å²) in [5.41, 5.74) is 1.63. The Labute approximate surface area is 125 Å². The molecular weight excluding hydrogens is 415 g/mol. The van der Waals surface area contributed by atoms with E-state index in [2.05, 4.69) is 47.8 Å². The Bertz CT molecular complexity index is 502. The first-order valence-electron chi connectivity index (χ1n) is 4.93. The van der Waals surface area contributed by atoms with Crippen LogP contribution in [0.5, 0.6) is 0 Å². The molecule has 17 heavy (non-hydrogen) atoms. The van der Waals surface area contributed by atoms with E-state index in [1.165, 1.54) is 6.07 Å². The fourth-order valence-corrected chi connectivity index (χ4v) is 3.46. The maximum atomic E-state index is 13.8. The van der Waals surface area contributed by atoms with Crippen molar-refractivity contribution in [2.24, 2.45) is 0 Å². The van der Waals surface area contributed by atoms with Crippen LogP contribution in [0.25, 0.3) is 0 Å². The van der Waals surface area contributed by atoms with E-state index < -0.39 is 0 Å². The van der Waals surface area contributed by atoms with Crippen molar-refractivity contribution in [3.8, 4) is 0 Å². The summed E-state index contributed by atoms with van der Waals surface area (Å²) in [5, 5.41) is 0. The van der Waals surface area contributed by atoms with Crippen LogP contribution in [0.3, 0.4) is 0 Å². The van der Waals surface area contributed by atoms with Gasteiger partial charge >= 0.3 is 0 Å². The van der Waals surface area contributed by atoms with Crippen molar-refractivity contribution in [2.75, 3.05) is 0 Å². The van der Waals surface area contributed by atoms with Crippen molar-refractivity contribution < 1.29 is 4.39 Å². The largest absolute Gasteiger partial charge is 0.207 e. The number of hydrogen-bond donors (Lipinski definition) is 0. The molecule has 0 amide bonds. The van der Waals surface area contributed by atoms with Crippen LogP contribution in [-0.2, 0) is 0 Å². The monoisotopic (exact) mass is 420 g/mol. The molecule has 2 rings (SSSR count). The highest BCUT2D eigenvalue weighted by Crippen LogP contribution is 2.37. The maximum Gasteiger partial charge on any atom is 0.129 e. The Kier molecular flexibility index (Phi) is 4.39. The summed E-state index contributed by atoms with van der Waals surface area (Å²) >= 11 is 10.3. The van der Waals surface area contributed by atoms with Crippen LogP contribution < -0.4 is 0 Å². The molecule has 0 saturated heterocycles. The molecule has 0 radical (unpaired) electrons. The lowest BCUT2D eigenvalue weighted by atomic mass is 10.0. The highest BCUT2D eigenvalue weighted by Gasteiger charge is 2.17. The Morgan fingerprint density at radius 1 is 0.941 bits per heavy atom. The Balaban J connectivity index is 2.43. The van der Waals surface area contributed by atoms with Crippen LogP contribution in [0.4, 0.5) is 4.39 Å². The van der Waals surface area contributed by atoms with Gasteiger partial charge in [0.2, 0.25) is 0 Å². The summed E-state index contributed by atoms with van der Waals surface area (Å²) in [7, 11) is 0. The third kappa shape index (κ3) is 2.98. The molecule has 88 valence electrons. The van der Waals surface area contributed by atoms with Gasteiger partial charge in [0, 0.05) is 14.5 Å². The Hall–Kier alpha value is -0.190. The summed E-state index contributed by atoms with van der Waals surface area (Å²) in [6.07, 6.45) is 0. The quantitative estimate of drug-likeness (QED) is 0.534. The van der Waals surface area contributed by atoms with E-state index in [4.69, 9.17) is 0 Å². The van der Waals surface area contributed by atoms with Crippen molar-refractivity contribution in [2.45, 2.75) is 4.83 Å². The summed E-state index contributed by atoms with van der Waals surface area (Å²) in [5.74, 6) is -0.218. The van der Waals surface area contributed by atoms with Crippen LogP contribution in [0, 0.1) is 5.82 Å². The zero-order valence-corrected chi connectivity index (χ0v) is 13.4. The van der Waals surface area contributed by atoms with E-state index in [1.807, 2.05) is 30.3 Å². The molecule has 0 bridgehead atoms. The van der Waals surface area contributed by atoms with Crippen LogP contribution in [-0.4, -0.2) is 0 Å². The number of hydrogen-bond acceptors (Lipinski definition) is 0. The van der Waals surface area contributed by atoms with E-state index in [0.717, 1.165) is 14.5 Å². The summed E-state index contributed by atoms with van der Waals surface area (Å²) < 4.78 is 15.6. The summed E-state index contributed by atoms with van der Waals surface area (Å²) in [6.45, 7) is 0. The molecule has 0 fully saturated rings. The van der Waals surface area contributed by atoms with Gasteiger partial charge in [0.25, 0.3) is 0 Å². The number of alkyl halides is 1. The average Bonchev–Trinajstić information content (AvgIpc) is 2.29. The molecule has 0 aromatic heterocycles. The van der Waals surface area contributed by atoms with Gasteiger partial charge in [-0.05, 0) is 29.8 Å². The molecule has 0 nitrogen and oxygen atoms in total. The summed E-state index contributed by atoms with van der Waals surface area (Å²) in [4.78, 5) is -0.161. The van der Waals surface area contributed by atoms with Crippen molar-refractivity contribution in [3.63, 3.8) is 0 Å². The van der Waals surface area contributed by atoms with Crippen molar-refractivity contribution in [1.29, 1.82) is 0 Å². The molecule has 1 unspecified atom stereocenters. The highest BCUT2D eigenvalue weighted by molar-refractivity contribution is 9.11. The lowest BCUT2D eigenvalue weighted by Gasteiger charge is -2.13. The first-order chi connectivity index (χ1) is 8.09. The van der Waals surface area contributed by atoms with E-state index in [9.17, 15) is 4.39 Å². The molecule has 0 heterocycles. The number of rotatable bonds is 2. The summed E-state index contributed by atoms with van der Waals surface area (Å²) in [6, 6.07) is 12.8. The molecule has 0 saturated carbocycles. The van der Waals surface area contributed by atoms with Gasteiger partial charge < -0.3 is 0 Å². The second-order valence-corrected chi connectivity index (χ2v) is 6.24. The Morgan fingerprint density at radius 3 is 2.18 bits per heavy atom. The SMILES string of the molecule is Fc1cccc(Br)c1C(Br)c1ccc(Br)cc1. The number of halogens is 4. The minimum absolute atomic E-state index is 0.161. The van der Waals surface area contributed by atoms with Gasteiger partial charge in [-0.2, -0.15) is 0 Å². The normalized spacial score (nSPS) is 12.5. The average molecular weight is 423 g/mol. The van der Waals surface area contributed by atoms with Gasteiger partial charge in [-0.3, -0.25) is 0 Å². The first-order valence-corrected chi connectivity index (χ1v) is 7.43. The van der Waals surface area contributed by atoms with E-state index in [1.54, 1.807) is 6.07 Å². The van der Waals surface area contributed by atoms with Gasteiger partial charge in [0.05, 0.1) is 4.83 Å². The Morgan fingerprint density at radius 2 is 1.59 bits per heavy atom. The van der Waals surface area contributed by atoms with E-state index >= 15 is 0 Å². The molecule has 0 aliphatic carbocycles. The maximum absolute atomic E-state index is 13.8. The minimum Gasteiger partial charge on any atom is -0.207 e. The highest BCUT2D eigenvalue weighted by atomic mass is 79.9. The van der Waals surface area contributed by atoms with Crippen molar-refractivity contribution in [1.82, 2.24) is 0 Å². The predicted molar refractivity (Wildman–Crippen MR) is 79.0 cm³/mol. The molecule has 0 N–H and O–H groups in total. The lowest BCUT2D eigenvalue weighted by Crippen LogP contribution is -1.97. The molecule has 1 atom stereocenters. The molecule has 2 aromatic carbocycles. The first kappa shape index (κ1) is 13.2. The van der Waals surface area contributed by atoms with Crippen LogP contribution in [0.1, 0.15) is 16.0 Å². The zero-order chi connectivity index (χ0) is 12.4. The molecule has 0 aliphatic heterocycles. The van der Waals surface area contributed by atoms with Gasteiger partial charge in [-0.1, -0.05) is 66.0 Å². The zero-order valence-electron chi connectivity index (χ0n) is 8.63. The third-order valence-corrected chi connectivity index (χ3v) is 4.62. The standard InChI is InChI=1S/C13H8Br3F/c14-9-6-4-8(5-7-9)13(16)12-10(15)2-1-3-11(12)17/h1-7,13H. The molecule has 0 spiro atoms. The molecule has 2 aromatic rings. The van der Waals surface area contributed by atoms with E-state index in [0.29, 0.717) is 5.56 Å². The second kappa shape index (κ2) is 5.63. The molecule has 4 heteroatoms. The van der Waals surface area contributed by atoms with Gasteiger partial charge in [-0.25, -0.2) is 4.39 Å². The van der Waals surface area contributed by atoms with Gasteiger partial charge in [-0.15, -0.1) is 0 Å². The van der Waals surface area contributed by atoms with Crippen molar-refractivity contribution in [3.05, 3.63) is 68.4 Å². The predicted octanol–water partition coefficient (Wildman–Crippen LogP) is 5.84.